The van der Waals surface area contributed by atoms with Crippen LogP contribution >= 0.6 is 0 Å². The molecular weight excluding hydrogens is 370 g/mol. The number of hydrogen-bond acceptors (Lipinski definition) is 2. The van der Waals surface area contributed by atoms with E-state index in [9.17, 15) is 4.79 Å². The molecule has 0 bridgehead atoms. The molecule has 1 fully saturated rings. The van der Waals surface area contributed by atoms with Crippen LogP contribution in [0.4, 0.5) is 0 Å². The number of carbonyl (C=O) groups is 1. The Hall–Kier alpha value is -2.03. The Morgan fingerprint density at radius 3 is 2.43 bits per heavy atom. The molecule has 1 unspecified atom stereocenters. The highest BCUT2D eigenvalue weighted by molar-refractivity contribution is 5.91. The number of amides is 1. The number of benzene rings is 1. The molecule has 1 saturated heterocycles. The number of rotatable bonds is 3. The normalized spacial score (nSPS) is 22.6. The summed E-state index contributed by atoms with van der Waals surface area (Å²) < 4.78 is 6.04. The van der Waals surface area contributed by atoms with E-state index in [-0.39, 0.29) is 16.7 Å². The minimum absolute atomic E-state index is 0.0397. The van der Waals surface area contributed by atoms with Gasteiger partial charge in [-0.05, 0) is 83.7 Å². The number of likely N-dealkylation sites (tertiary alicyclic amines) is 1. The van der Waals surface area contributed by atoms with Gasteiger partial charge in [0.15, 0.2) is 5.76 Å². The van der Waals surface area contributed by atoms with E-state index < -0.39 is 0 Å². The fraction of sp³-hybridized carbons (Fsp3) is 0.593. The first-order valence-electron chi connectivity index (χ1n) is 11.6. The Morgan fingerprint density at radius 1 is 1.10 bits per heavy atom. The lowest BCUT2D eigenvalue weighted by Gasteiger charge is -2.42. The standard InChI is InChI=1S/C27H37NO2/c1-18-8-7-13-28(17-18)25(29)24-10-9-21(30-24)15-20-16-23-22(14-19(20)2)26(3,4)11-12-27(23,5)6/h9-10,14,16,18H,7-8,11-13,15,17H2,1-6H3. The highest BCUT2D eigenvalue weighted by atomic mass is 16.4. The molecule has 0 spiro atoms. The van der Waals surface area contributed by atoms with Crippen molar-refractivity contribution in [3.05, 3.63) is 58.0 Å². The topological polar surface area (TPSA) is 33.5 Å². The summed E-state index contributed by atoms with van der Waals surface area (Å²) in [5.74, 6) is 1.97. The maximum Gasteiger partial charge on any atom is 0.289 e. The van der Waals surface area contributed by atoms with Crippen LogP contribution in [0.1, 0.15) is 98.9 Å². The van der Waals surface area contributed by atoms with Gasteiger partial charge in [0, 0.05) is 19.5 Å². The van der Waals surface area contributed by atoms with Gasteiger partial charge in [-0.1, -0.05) is 46.8 Å². The predicted octanol–water partition coefficient (Wildman–Crippen LogP) is 6.40. The molecule has 1 atom stereocenters. The number of piperidine rings is 1. The number of nitrogens with zero attached hydrogens (tertiary/aromatic N) is 1. The lowest BCUT2D eigenvalue weighted by Crippen LogP contribution is -2.38. The molecule has 3 nitrogen and oxygen atoms in total. The van der Waals surface area contributed by atoms with E-state index in [1.165, 1.54) is 41.5 Å². The predicted molar refractivity (Wildman–Crippen MR) is 122 cm³/mol. The van der Waals surface area contributed by atoms with E-state index in [1.807, 2.05) is 17.0 Å². The van der Waals surface area contributed by atoms with Crippen LogP contribution in [0.15, 0.2) is 28.7 Å². The van der Waals surface area contributed by atoms with E-state index >= 15 is 0 Å². The molecule has 2 heterocycles. The molecule has 2 aromatic rings. The number of hydrogen-bond donors (Lipinski definition) is 0. The van der Waals surface area contributed by atoms with E-state index in [0.29, 0.717) is 11.7 Å². The van der Waals surface area contributed by atoms with Crippen LogP contribution in [0, 0.1) is 12.8 Å². The first-order chi connectivity index (χ1) is 14.1. The molecule has 1 amide bonds. The van der Waals surface area contributed by atoms with Gasteiger partial charge >= 0.3 is 0 Å². The lowest BCUT2D eigenvalue weighted by atomic mass is 9.62. The first kappa shape index (κ1) is 21.2. The first-order valence-corrected chi connectivity index (χ1v) is 11.6. The molecule has 4 rings (SSSR count). The van der Waals surface area contributed by atoms with Crippen molar-refractivity contribution in [3.8, 4) is 0 Å². The Kier molecular flexibility index (Phi) is 5.36. The second-order valence-corrected chi connectivity index (χ2v) is 11.0. The summed E-state index contributed by atoms with van der Waals surface area (Å²) >= 11 is 0. The zero-order valence-electron chi connectivity index (χ0n) is 19.6. The molecule has 2 aliphatic rings. The van der Waals surface area contributed by atoms with Crippen molar-refractivity contribution in [2.45, 2.75) is 84.5 Å². The third-order valence-electron chi connectivity index (χ3n) is 7.49. The molecule has 0 radical (unpaired) electrons. The van der Waals surface area contributed by atoms with Gasteiger partial charge in [-0.2, -0.15) is 0 Å². The van der Waals surface area contributed by atoms with Crippen molar-refractivity contribution < 1.29 is 9.21 Å². The van der Waals surface area contributed by atoms with Crippen molar-refractivity contribution in [1.29, 1.82) is 0 Å². The van der Waals surface area contributed by atoms with Crippen LogP contribution in [0.25, 0.3) is 0 Å². The van der Waals surface area contributed by atoms with Crippen LogP contribution in [0.2, 0.25) is 0 Å². The Labute approximate surface area is 181 Å². The molecule has 1 aliphatic carbocycles. The maximum atomic E-state index is 12.9. The maximum absolute atomic E-state index is 12.9. The summed E-state index contributed by atoms with van der Waals surface area (Å²) in [4.78, 5) is 14.8. The van der Waals surface area contributed by atoms with Crippen molar-refractivity contribution in [2.75, 3.05) is 13.1 Å². The van der Waals surface area contributed by atoms with Crippen LogP contribution in [-0.4, -0.2) is 23.9 Å². The van der Waals surface area contributed by atoms with Crippen LogP contribution in [-0.2, 0) is 17.3 Å². The van der Waals surface area contributed by atoms with Gasteiger partial charge < -0.3 is 9.32 Å². The molecule has 1 aromatic carbocycles. The smallest absolute Gasteiger partial charge is 0.289 e. The van der Waals surface area contributed by atoms with Gasteiger partial charge in [0.25, 0.3) is 5.91 Å². The summed E-state index contributed by atoms with van der Waals surface area (Å²) in [7, 11) is 0. The van der Waals surface area contributed by atoms with E-state index in [2.05, 4.69) is 53.7 Å². The van der Waals surface area contributed by atoms with E-state index in [1.54, 1.807) is 0 Å². The number of carbonyl (C=O) groups excluding carboxylic acids is 1. The molecule has 3 heteroatoms. The third kappa shape index (κ3) is 3.96. The van der Waals surface area contributed by atoms with Gasteiger partial charge in [0.2, 0.25) is 0 Å². The van der Waals surface area contributed by atoms with E-state index in [4.69, 9.17) is 4.42 Å². The molecule has 162 valence electrons. The zero-order valence-corrected chi connectivity index (χ0v) is 19.6. The fourth-order valence-corrected chi connectivity index (χ4v) is 5.26. The minimum Gasteiger partial charge on any atom is -0.456 e. The van der Waals surface area contributed by atoms with Crippen LogP contribution in [0.3, 0.4) is 0 Å². The summed E-state index contributed by atoms with van der Waals surface area (Å²) in [6.07, 6.45) is 5.46. The van der Waals surface area contributed by atoms with Gasteiger partial charge in [0.05, 0.1) is 0 Å². The van der Waals surface area contributed by atoms with Gasteiger partial charge in [-0.3, -0.25) is 4.79 Å². The highest BCUT2D eigenvalue weighted by Crippen LogP contribution is 2.46. The molecule has 0 saturated carbocycles. The molecule has 0 N–H and O–H groups in total. The summed E-state index contributed by atoms with van der Waals surface area (Å²) in [5.41, 5.74) is 6.01. The fourth-order valence-electron chi connectivity index (χ4n) is 5.26. The lowest BCUT2D eigenvalue weighted by molar-refractivity contribution is 0.0649. The van der Waals surface area contributed by atoms with Gasteiger partial charge in [-0.15, -0.1) is 0 Å². The quantitative estimate of drug-likeness (QED) is 0.590. The third-order valence-corrected chi connectivity index (χ3v) is 7.49. The average molecular weight is 408 g/mol. The second-order valence-electron chi connectivity index (χ2n) is 11.0. The number of furan rings is 1. The number of aryl methyl sites for hydroxylation is 1. The average Bonchev–Trinajstić information content (AvgIpc) is 3.15. The van der Waals surface area contributed by atoms with Crippen molar-refractivity contribution in [2.24, 2.45) is 5.92 Å². The zero-order chi connectivity index (χ0) is 21.7. The molecule has 1 aromatic heterocycles. The highest BCUT2D eigenvalue weighted by Gasteiger charge is 2.37. The SMILES string of the molecule is Cc1cc2c(cc1Cc1ccc(C(=O)N3CCCC(C)C3)o1)C(C)(C)CCC2(C)C. The van der Waals surface area contributed by atoms with Crippen LogP contribution < -0.4 is 0 Å². The van der Waals surface area contributed by atoms with Crippen molar-refractivity contribution in [3.63, 3.8) is 0 Å². The van der Waals surface area contributed by atoms with Crippen LogP contribution in [0.5, 0.6) is 0 Å². The monoisotopic (exact) mass is 407 g/mol. The minimum atomic E-state index is 0.0397. The molecule has 1 aliphatic heterocycles. The Balaban J connectivity index is 1.58. The summed E-state index contributed by atoms with van der Waals surface area (Å²) in [6.45, 7) is 15.6. The van der Waals surface area contributed by atoms with Gasteiger partial charge in [-0.25, -0.2) is 0 Å². The molecular formula is C27H37NO2. The largest absolute Gasteiger partial charge is 0.456 e. The Morgan fingerprint density at radius 2 is 1.77 bits per heavy atom. The van der Waals surface area contributed by atoms with Crippen molar-refractivity contribution in [1.82, 2.24) is 4.90 Å². The Bertz CT molecular complexity index is 950. The van der Waals surface area contributed by atoms with Gasteiger partial charge in [0.1, 0.15) is 5.76 Å². The second kappa shape index (κ2) is 7.59. The van der Waals surface area contributed by atoms with E-state index in [0.717, 1.165) is 31.7 Å². The summed E-state index contributed by atoms with van der Waals surface area (Å²) in [6, 6.07) is 8.64. The summed E-state index contributed by atoms with van der Waals surface area (Å²) in [5, 5.41) is 0. The van der Waals surface area contributed by atoms with Crippen molar-refractivity contribution >= 4 is 5.91 Å². The number of fused-ring (bicyclic) bond motifs is 1. The molecule has 30 heavy (non-hydrogen) atoms.